The summed E-state index contributed by atoms with van der Waals surface area (Å²) < 4.78 is 13.6. The highest BCUT2D eigenvalue weighted by Crippen LogP contribution is 2.24. The molecule has 2 rings (SSSR count). The molecule has 0 aromatic heterocycles. The molecule has 0 heterocycles. The third kappa shape index (κ3) is 5.26. The van der Waals surface area contributed by atoms with Crippen LogP contribution in [0.3, 0.4) is 0 Å². The standard InChI is InChI=1S/C18H19ClFNOS/c1-12(2)13-6-8-14(9-7-13)21-18(22)11-23-10-15-16(19)4-3-5-17(15)20/h3-9,12H,10-11H2,1-2H3,(H,21,22). The minimum atomic E-state index is -0.338. The lowest BCUT2D eigenvalue weighted by atomic mass is 10.0. The molecule has 2 nitrogen and oxygen atoms in total. The van der Waals surface area contributed by atoms with E-state index in [1.807, 2.05) is 24.3 Å². The van der Waals surface area contributed by atoms with Gasteiger partial charge in [-0.1, -0.05) is 43.6 Å². The third-order valence-corrected chi connectivity index (χ3v) is 4.72. The average molecular weight is 352 g/mol. The second-order valence-corrected chi connectivity index (χ2v) is 6.91. The first-order valence-electron chi connectivity index (χ1n) is 7.38. The van der Waals surface area contributed by atoms with Crippen LogP contribution in [0.4, 0.5) is 10.1 Å². The molecule has 1 amide bonds. The summed E-state index contributed by atoms with van der Waals surface area (Å²) >= 11 is 7.29. The fraction of sp³-hybridized carbons (Fsp3) is 0.278. The number of thioether (sulfide) groups is 1. The molecule has 0 fully saturated rings. The summed E-state index contributed by atoms with van der Waals surface area (Å²) in [5.41, 5.74) is 2.43. The van der Waals surface area contributed by atoms with E-state index in [1.54, 1.807) is 12.1 Å². The van der Waals surface area contributed by atoms with Crippen molar-refractivity contribution in [3.63, 3.8) is 0 Å². The van der Waals surface area contributed by atoms with Gasteiger partial charge in [-0.05, 0) is 35.7 Å². The molecule has 2 aromatic carbocycles. The van der Waals surface area contributed by atoms with Crippen molar-refractivity contribution in [2.75, 3.05) is 11.1 Å². The van der Waals surface area contributed by atoms with Crippen LogP contribution >= 0.6 is 23.4 Å². The molecule has 0 saturated heterocycles. The van der Waals surface area contributed by atoms with Crippen molar-refractivity contribution in [3.05, 3.63) is 64.4 Å². The van der Waals surface area contributed by atoms with Crippen LogP contribution in [0.15, 0.2) is 42.5 Å². The van der Waals surface area contributed by atoms with Crippen LogP contribution in [0, 0.1) is 5.82 Å². The Morgan fingerprint density at radius 3 is 2.52 bits per heavy atom. The number of hydrogen-bond donors (Lipinski definition) is 1. The second kappa shape index (κ2) is 8.37. The Balaban J connectivity index is 1.83. The van der Waals surface area contributed by atoms with E-state index in [0.29, 0.717) is 22.3 Å². The molecule has 0 saturated carbocycles. The predicted octanol–water partition coefficient (Wildman–Crippen LogP) is 5.47. The van der Waals surface area contributed by atoms with Gasteiger partial charge < -0.3 is 5.32 Å². The summed E-state index contributed by atoms with van der Waals surface area (Å²) in [6.07, 6.45) is 0. The number of anilines is 1. The monoisotopic (exact) mass is 351 g/mol. The van der Waals surface area contributed by atoms with E-state index < -0.39 is 0 Å². The van der Waals surface area contributed by atoms with Gasteiger partial charge in [0.25, 0.3) is 0 Å². The van der Waals surface area contributed by atoms with Gasteiger partial charge in [-0.25, -0.2) is 4.39 Å². The molecule has 0 aliphatic heterocycles. The predicted molar refractivity (Wildman–Crippen MR) is 96.7 cm³/mol. The van der Waals surface area contributed by atoms with Crippen molar-refractivity contribution in [1.29, 1.82) is 0 Å². The molecule has 0 spiro atoms. The zero-order valence-corrected chi connectivity index (χ0v) is 14.7. The van der Waals surface area contributed by atoms with Gasteiger partial charge in [-0.2, -0.15) is 0 Å². The van der Waals surface area contributed by atoms with Gasteiger partial charge in [0.15, 0.2) is 0 Å². The first-order valence-corrected chi connectivity index (χ1v) is 8.91. The molecule has 0 atom stereocenters. The zero-order valence-electron chi connectivity index (χ0n) is 13.1. The number of rotatable bonds is 6. The molecule has 23 heavy (non-hydrogen) atoms. The second-order valence-electron chi connectivity index (χ2n) is 5.52. The Morgan fingerprint density at radius 1 is 1.22 bits per heavy atom. The Hall–Kier alpha value is -1.52. The smallest absolute Gasteiger partial charge is 0.234 e. The van der Waals surface area contributed by atoms with Crippen molar-refractivity contribution in [3.8, 4) is 0 Å². The van der Waals surface area contributed by atoms with Crippen LogP contribution < -0.4 is 5.32 Å². The molecule has 5 heteroatoms. The first-order chi connectivity index (χ1) is 11.0. The SMILES string of the molecule is CC(C)c1ccc(NC(=O)CSCc2c(F)cccc2Cl)cc1. The summed E-state index contributed by atoms with van der Waals surface area (Å²) in [5.74, 6) is 0.622. The lowest BCUT2D eigenvalue weighted by Gasteiger charge is -2.09. The largest absolute Gasteiger partial charge is 0.325 e. The Labute approximate surface area is 145 Å². The number of halogens is 2. The number of carbonyl (C=O) groups excluding carboxylic acids is 1. The first kappa shape index (κ1) is 17.8. The van der Waals surface area contributed by atoms with Crippen LogP contribution in [0.25, 0.3) is 0 Å². The highest BCUT2D eigenvalue weighted by atomic mass is 35.5. The third-order valence-electron chi connectivity index (χ3n) is 3.40. The molecule has 0 aliphatic rings. The topological polar surface area (TPSA) is 29.1 Å². The van der Waals surface area contributed by atoms with Gasteiger partial charge in [0.05, 0.1) is 5.75 Å². The van der Waals surface area contributed by atoms with Gasteiger partial charge in [-0.15, -0.1) is 11.8 Å². The van der Waals surface area contributed by atoms with Crippen molar-refractivity contribution < 1.29 is 9.18 Å². The van der Waals surface area contributed by atoms with Crippen molar-refractivity contribution >= 4 is 35.0 Å². The number of carbonyl (C=O) groups is 1. The van der Waals surface area contributed by atoms with Gasteiger partial charge in [0.2, 0.25) is 5.91 Å². The number of amides is 1. The Kier molecular flexibility index (Phi) is 6.48. The molecule has 122 valence electrons. The maximum atomic E-state index is 13.6. The Morgan fingerprint density at radius 2 is 1.91 bits per heavy atom. The number of benzene rings is 2. The van der Waals surface area contributed by atoms with E-state index in [1.165, 1.54) is 23.4 Å². The normalized spacial score (nSPS) is 10.8. The minimum absolute atomic E-state index is 0.111. The van der Waals surface area contributed by atoms with E-state index in [-0.39, 0.29) is 17.5 Å². The molecule has 0 radical (unpaired) electrons. The average Bonchev–Trinajstić information content (AvgIpc) is 2.51. The molecule has 0 bridgehead atoms. The van der Waals surface area contributed by atoms with E-state index >= 15 is 0 Å². The maximum Gasteiger partial charge on any atom is 0.234 e. The summed E-state index contributed by atoms with van der Waals surface area (Å²) in [6, 6.07) is 12.4. The Bertz CT molecular complexity index is 653. The van der Waals surface area contributed by atoms with Crippen LogP contribution in [0.1, 0.15) is 30.9 Å². The van der Waals surface area contributed by atoms with Crippen LogP contribution in [-0.4, -0.2) is 11.7 Å². The zero-order chi connectivity index (χ0) is 16.8. The van der Waals surface area contributed by atoms with Gasteiger partial charge >= 0.3 is 0 Å². The molecular formula is C18H19ClFNOS. The molecule has 0 unspecified atom stereocenters. The van der Waals surface area contributed by atoms with Gasteiger partial charge in [0, 0.05) is 22.0 Å². The molecular weight excluding hydrogens is 333 g/mol. The van der Waals surface area contributed by atoms with E-state index in [2.05, 4.69) is 19.2 Å². The fourth-order valence-corrected chi connectivity index (χ4v) is 3.23. The van der Waals surface area contributed by atoms with Crippen molar-refractivity contribution in [2.45, 2.75) is 25.5 Å². The number of nitrogens with one attached hydrogen (secondary N) is 1. The van der Waals surface area contributed by atoms with Crippen molar-refractivity contribution in [1.82, 2.24) is 0 Å². The lowest BCUT2D eigenvalue weighted by molar-refractivity contribution is -0.113. The summed E-state index contributed by atoms with van der Waals surface area (Å²) in [4.78, 5) is 11.9. The van der Waals surface area contributed by atoms with Crippen LogP contribution in [0.5, 0.6) is 0 Å². The quantitative estimate of drug-likeness (QED) is 0.747. The lowest BCUT2D eigenvalue weighted by Crippen LogP contribution is -2.14. The van der Waals surface area contributed by atoms with E-state index in [4.69, 9.17) is 11.6 Å². The van der Waals surface area contributed by atoms with E-state index in [9.17, 15) is 9.18 Å². The molecule has 1 N–H and O–H groups in total. The maximum absolute atomic E-state index is 13.6. The molecule has 0 aliphatic carbocycles. The highest BCUT2D eigenvalue weighted by Gasteiger charge is 2.09. The van der Waals surface area contributed by atoms with E-state index in [0.717, 1.165) is 5.69 Å². The van der Waals surface area contributed by atoms with Crippen molar-refractivity contribution in [2.24, 2.45) is 0 Å². The van der Waals surface area contributed by atoms with Crippen LogP contribution in [-0.2, 0) is 10.5 Å². The summed E-state index contributed by atoms with van der Waals surface area (Å²) in [7, 11) is 0. The molecule has 2 aromatic rings. The highest BCUT2D eigenvalue weighted by molar-refractivity contribution is 7.99. The fourth-order valence-electron chi connectivity index (χ4n) is 2.06. The number of hydrogen-bond acceptors (Lipinski definition) is 2. The van der Waals surface area contributed by atoms with Crippen LogP contribution in [0.2, 0.25) is 5.02 Å². The minimum Gasteiger partial charge on any atom is -0.325 e. The summed E-state index contributed by atoms with van der Waals surface area (Å²) in [6.45, 7) is 4.25. The summed E-state index contributed by atoms with van der Waals surface area (Å²) in [5, 5.41) is 3.23. The van der Waals surface area contributed by atoms with Gasteiger partial charge in [-0.3, -0.25) is 4.79 Å². The van der Waals surface area contributed by atoms with Gasteiger partial charge in [0.1, 0.15) is 5.82 Å².